The van der Waals surface area contributed by atoms with Crippen molar-refractivity contribution in [2.75, 3.05) is 7.11 Å². The number of hydrogen-bond acceptors (Lipinski definition) is 5. The summed E-state index contributed by atoms with van der Waals surface area (Å²) in [5.41, 5.74) is 1.55. The Kier molecular flexibility index (Phi) is 6.43. The molecule has 1 atom stereocenters. The van der Waals surface area contributed by atoms with Gasteiger partial charge in [-0.1, -0.05) is 11.6 Å². The molecular weight excluding hydrogens is 360 g/mol. The zero-order chi connectivity index (χ0) is 18.8. The van der Waals surface area contributed by atoms with Gasteiger partial charge >= 0.3 is 0 Å². The molecule has 0 unspecified atom stereocenters. The molecule has 1 aromatic heterocycles. The quantitative estimate of drug-likeness (QED) is 0.754. The van der Waals surface area contributed by atoms with E-state index in [1.807, 2.05) is 52.8 Å². The normalized spacial score (nSPS) is 13.3. The monoisotopic (exact) mass is 384 g/mol. The van der Waals surface area contributed by atoms with Crippen molar-refractivity contribution in [2.24, 2.45) is 0 Å². The van der Waals surface area contributed by atoms with Gasteiger partial charge in [0.25, 0.3) is 0 Å². The fraction of sp³-hybridized carbons (Fsp3) is 0.500. The molecule has 0 radical (unpaired) electrons. The van der Waals surface area contributed by atoms with Crippen LogP contribution in [0.4, 0.5) is 0 Å². The maximum absolute atomic E-state index is 12.2. The van der Waals surface area contributed by atoms with E-state index < -0.39 is 11.4 Å². The number of aromatic nitrogens is 1. The van der Waals surface area contributed by atoms with E-state index in [1.165, 1.54) is 0 Å². The lowest BCUT2D eigenvalue weighted by molar-refractivity contribution is 0.243. The first-order valence-corrected chi connectivity index (χ1v) is 9.63. The minimum atomic E-state index is -1.18. The molecule has 0 saturated carbocycles. The lowest BCUT2D eigenvalue weighted by Crippen LogP contribution is -2.39. The van der Waals surface area contributed by atoms with Crippen LogP contribution >= 0.6 is 11.6 Å². The Balaban J connectivity index is 2.35. The molecule has 0 aliphatic heterocycles. The highest BCUT2D eigenvalue weighted by Crippen LogP contribution is 2.32. The van der Waals surface area contributed by atoms with Crippen LogP contribution < -0.4 is 14.2 Å². The van der Waals surface area contributed by atoms with Crippen molar-refractivity contribution in [3.8, 4) is 11.6 Å². The van der Waals surface area contributed by atoms with Gasteiger partial charge in [0.1, 0.15) is 10.5 Å². The lowest BCUT2D eigenvalue weighted by atomic mass is 10.1. The van der Waals surface area contributed by atoms with Gasteiger partial charge in [0.2, 0.25) is 5.88 Å². The van der Waals surface area contributed by atoms with Gasteiger partial charge in [-0.05, 0) is 46.8 Å². The molecule has 1 N–H and O–H groups in total. The number of nitrogens with one attached hydrogen (secondary N) is 1. The zero-order valence-corrected chi connectivity index (χ0v) is 17.0. The predicted octanol–water partition coefficient (Wildman–Crippen LogP) is 4.24. The highest BCUT2D eigenvalue weighted by molar-refractivity contribution is 7.90. The Hall–Kier alpha value is -1.21. The van der Waals surface area contributed by atoms with Gasteiger partial charge in [-0.15, -0.1) is 4.72 Å². The van der Waals surface area contributed by atoms with Crippen molar-refractivity contribution < 1.29 is 14.0 Å². The summed E-state index contributed by atoms with van der Waals surface area (Å²) in [6, 6.07) is 5.58. The van der Waals surface area contributed by atoms with Crippen LogP contribution in [0.25, 0.3) is 10.9 Å². The van der Waals surface area contributed by atoms with Crippen LogP contribution in [0, 0.1) is 0 Å². The molecule has 0 saturated heterocycles. The third-order valence-corrected chi connectivity index (χ3v) is 5.23. The fourth-order valence-electron chi connectivity index (χ4n) is 2.21. The number of nitrogens with zero attached hydrogens (tertiary/aromatic N) is 1. The molecule has 2 rings (SSSR count). The van der Waals surface area contributed by atoms with Gasteiger partial charge in [-0.2, -0.15) is 0 Å². The van der Waals surface area contributed by atoms with Crippen LogP contribution in [-0.2, 0) is 17.9 Å². The molecule has 25 heavy (non-hydrogen) atoms. The third kappa shape index (κ3) is 5.14. The Labute approximate surface area is 157 Å². The van der Waals surface area contributed by atoms with Crippen molar-refractivity contribution in [3.63, 3.8) is 0 Å². The maximum atomic E-state index is 12.2. The summed E-state index contributed by atoms with van der Waals surface area (Å²) in [6.07, 6.45) is 0.0210. The largest absolute Gasteiger partial charge is 0.598 e. The highest BCUT2D eigenvalue weighted by Gasteiger charge is 2.26. The first kappa shape index (κ1) is 20.1. The van der Waals surface area contributed by atoms with E-state index in [1.54, 1.807) is 7.11 Å². The van der Waals surface area contributed by atoms with Crippen LogP contribution in [0.1, 0.15) is 40.2 Å². The van der Waals surface area contributed by atoms with E-state index in [0.717, 1.165) is 16.5 Å². The average molecular weight is 385 g/mol. The lowest BCUT2D eigenvalue weighted by Gasteiger charge is -2.23. The molecule has 1 heterocycles. The van der Waals surface area contributed by atoms with E-state index in [-0.39, 0.29) is 10.9 Å². The van der Waals surface area contributed by atoms with E-state index >= 15 is 0 Å². The second kappa shape index (κ2) is 7.99. The van der Waals surface area contributed by atoms with E-state index in [2.05, 4.69) is 9.71 Å². The highest BCUT2D eigenvalue weighted by atomic mass is 35.5. The summed E-state index contributed by atoms with van der Waals surface area (Å²) in [6.45, 7) is 10.0. The van der Waals surface area contributed by atoms with Gasteiger partial charge in [0.05, 0.1) is 30.3 Å². The van der Waals surface area contributed by atoms with Crippen LogP contribution in [0.5, 0.6) is 11.6 Å². The molecule has 7 heteroatoms. The molecule has 2 aromatic rings. The molecule has 138 valence electrons. The fourth-order valence-corrected chi connectivity index (χ4v) is 3.14. The summed E-state index contributed by atoms with van der Waals surface area (Å²) in [4.78, 5) is 4.54. The minimum absolute atomic E-state index is 0.0210. The maximum Gasteiger partial charge on any atom is 0.218 e. The number of ether oxygens (including phenoxy) is 2. The average Bonchev–Trinajstić information content (AvgIpc) is 2.51. The molecule has 5 nitrogen and oxygen atoms in total. The summed E-state index contributed by atoms with van der Waals surface area (Å²) < 4.78 is 26.0. The first-order chi connectivity index (χ1) is 11.6. The van der Waals surface area contributed by atoms with E-state index in [4.69, 9.17) is 21.1 Å². The van der Waals surface area contributed by atoms with Gasteiger partial charge in [0.15, 0.2) is 0 Å². The summed E-state index contributed by atoms with van der Waals surface area (Å²) in [7, 11) is 1.57. The molecule has 0 aliphatic rings. The summed E-state index contributed by atoms with van der Waals surface area (Å²) in [5, 5.41) is 1.41. The summed E-state index contributed by atoms with van der Waals surface area (Å²) >= 11 is 5.14. The van der Waals surface area contributed by atoms with Gasteiger partial charge in [-0.25, -0.2) is 4.98 Å². The molecule has 0 fully saturated rings. The van der Waals surface area contributed by atoms with Crippen molar-refractivity contribution in [3.05, 3.63) is 28.8 Å². The third-order valence-electron chi connectivity index (χ3n) is 3.41. The van der Waals surface area contributed by atoms with E-state index in [0.29, 0.717) is 23.2 Å². The number of fused-ring (bicyclic) bond motifs is 1. The first-order valence-electron chi connectivity index (χ1n) is 8.11. The smallest absolute Gasteiger partial charge is 0.218 e. The van der Waals surface area contributed by atoms with Gasteiger partial charge in [-0.3, -0.25) is 0 Å². The molecule has 0 aliphatic carbocycles. The SMILES string of the molecule is COc1nc2cc(OC(C)C)c(Cl)cc2cc1CN[S@+]([O-])C(C)(C)C. The number of rotatable bonds is 6. The molecule has 0 amide bonds. The number of benzene rings is 1. The Morgan fingerprint density at radius 3 is 2.52 bits per heavy atom. The van der Waals surface area contributed by atoms with Gasteiger partial charge < -0.3 is 14.0 Å². The molecular formula is C18H25ClN2O3S. The van der Waals surface area contributed by atoms with Crippen molar-refractivity contribution in [1.82, 2.24) is 9.71 Å². The predicted molar refractivity (Wildman–Crippen MR) is 104 cm³/mol. The second-order valence-electron chi connectivity index (χ2n) is 7.00. The Morgan fingerprint density at radius 1 is 1.28 bits per heavy atom. The zero-order valence-electron chi connectivity index (χ0n) is 15.5. The minimum Gasteiger partial charge on any atom is -0.598 e. The van der Waals surface area contributed by atoms with Crippen molar-refractivity contribution in [1.29, 1.82) is 0 Å². The number of halogens is 1. The molecule has 0 spiro atoms. The Bertz CT molecular complexity index is 747. The standard InChI is InChI=1S/C18H25ClN2O3S/c1-11(2)24-16-9-15-12(8-14(16)19)7-13(17(21-15)23-6)10-20-25(22)18(3,4)5/h7-9,11,20H,10H2,1-6H3/t25-/m1/s1. The van der Waals surface area contributed by atoms with Crippen LogP contribution in [0.15, 0.2) is 18.2 Å². The van der Waals surface area contributed by atoms with Crippen LogP contribution in [0.2, 0.25) is 5.02 Å². The molecule has 0 bridgehead atoms. The second-order valence-corrected chi connectivity index (χ2v) is 9.46. The van der Waals surface area contributed by atoms with Gasteiger partial charge in [0, 0.05) is 28.4 Å². The van der Waals surface area contributed by atoms with Crippen LogP contribution in [-0.4, -0.2) is 27.5 Å². The van der Waals surface area contributed by atoms with Crippen LogP contribution in [0.3, 0.4) is 0 Å². The van der Waals surface area contributed by atoms with E-state index in [9.17, 15) is 4.55 Å². The topological polar surface area (TPSA) is 66.4 Å². The number of methoxy groups -OCH3 is 1. The number of pyridine rings is 1. The Morgan fingerprint density at radius 2 is 1.96 bits per heavy atom. The van der Waals surface area contributed by atoms with Crippen molar-refractivity contribution >= 4 is 33.9 Å². The van der Waals surface area contributed by atoms with Crippen molar-refractivity contribution in [2.45, 2.75) is 52.0 Å². The number of hydrogen-bond donors (Lipinski definition) is 1. The molecule has 1 aromatic carbocycles. The summed E-state index contributed by atoms with van der Waals surface area (Å²) in [5.74, 6) is 1.09.